The van der Waals surface area contributed by atoms with Gasteiger partial charge in [0.25, 0.3) is 0 Å². The van der Waals surface area contributed by atoms with Crippen LogP contribution in [0.25, 0.3) is 0 Å². The van der Waals surface area contributed by atoms with E-state index in [-0.39, 0.29) is 6.04 Å². The van der Waals surface area contributed by atoms with Gasteiger partial charge < -0.3 is 0 Å². The van der Waals surface area contributed by atoms with E-state index in [2.05, 4.69) is 4.72 Å². The van der Waals surface area contributed by atoms with Gasteiger partial charge in [-0.15, -0.1) is 0 Å². The molecule has 1 aromatic carbocycles. The minimum atomic E-state index is -3.29. The van der Waals surface area contributed by atoms with Crippen molar-refractivity contribution in [3.05, 3.63) is 57.2 Å². The predicted octanol–water partition coefficient (Wildman–Crippen LogP) is 3.04. The topological polar surface area (TPSA) is 46.2 Å². The minimum absolute atomic E-state index is 0.372. The molecule has 0 radical (unpaired) electrons. The summed E-state index contributed by atoms with van der Waals surface area (Å²) in [6.45, 7) is 0. The molecule has 3 nitrogen and oxygen atoms in total. The van der Waals surface area contributed by atoms with Crippen molar-refractivity contribution in [2.24, 2.45) is 0 Å². The second-order valence-electron chi connectivity index (χ2n) is 3.93. The second-order valence-corrected chi connectivity index (χ2v) is 6.93. The van der Waals surface area contributed by atoms with E-state index in [1.54, 1.807) is 12.1 Å². The molecule has 0 amide bonds. The Morgan fingerprint density at radius 2 is 1.83 bits per heavy atom. The van der Waals surface area contributed by atoms with Crippen molar-refractivity contribution in [3.63, 3.8) is 0 Å². The lowest BCUT2D eigenvalue weighted by atomic mass is 10.0. The van der Waals surface area contributed by atoms with Crippen LogP contribution in [-0.2, 0) is 10.0 Å². The summed E-state index contributed by atoms with van der Waals surface area (Å²) in [5.41, 5.74) is 1.79. The number of hydrogen-bond acceptors (Lipinski definition) is 3. The Balaban J connectivity index is 2.39. The van der Waals surface area contributed by atoms with Crippen LogP contribution in [0.4, 0.5) is 0 Å². The fraction of sp³-hybridized carbons (Fsp3) is 0.167. The van der Waals surface area contributed by atoms with Crippen molar-refractivity contribution < 1.29 is 8.42 Å². The van der Waals surface area contributed by atoms with E-state index in [9.17, 15) is 8.42 Å². The van der Waals surface area contributed by atoms with Crippen LogP contribution in [0.3, 0.4) is 0 Å². The highest BCUT2D eigenvalue weighted by atomic mass is 35.5. The highest BCUT2D eigenvalue weighted by molar-refractivity contribution is 7.88. The Hall–Kier alpha value is -0.880. The molecule has 0 aliphatic rings. The molecule has 0 saturated carbocycles. The highest BCUT2D eigenvalue weighted by Crippen LogP contribution is 2.25. The molecular weight excluding hydrogens is 290 g/mol. The smallest absolute Gasteiger partial charge is 0.209 e. The molecule has 1 N–H and O–H groups in total. The van der Waals surface area contributed by atoms with Gasteiger partial charge in [-0.25, -0.2) is 13.1 Å². The molecule has 0 bridgehead atoms. The van der Waals surface area contributed by atoms with Gasteiger partial charge in [-0.2, -0.15) is 11.3 Å². The first-order valence-corrected chi connectivity index (χ1v) is 8.42. The summed E-state index contributed by atoms with van der Waals surface area (Å²) in [4.78, 5) is 0. The van der Waals surface area contributed by atoms with Crippen LogP contribution in [0.2, 0.25) is 5.02 Å². The summed E-state index contributed by atoms with van der Waals surface area (Å²) in [6.07, 6.45) is 1.16. The highest BCUT2D eigenvalue weighted by Gasteiger charge is 2.18. The third-order valence-corrected chi connectivity index (χ3v) is 4.03. The number of halogens is 1. The van der Waals surface area contributed by atoms with Gasteiger partial charge in [0.15, 0.2) is 0 Å². The summed E-state index contributed by atoms with van der Waals surface area (Å²) in [7, 11) is -3.29. The molecule has 0 unspecified atom stereocenters. The molecule has 2 rings (SSSR count). The Morgan fingerprint density at radius 1 is 1.17 bits per heavy atom. The standard InChI is InChI=1S/C12H12ClNO2S2/c1-18(15,16)14-12(10-6-7-17-8-10)9-2-4-11(13)5-3-9/h2-8,12,14H,1H3/t12-/m1/s1. The Morgan fingerprint density at radius 3 is 2.33 bits per heavy atom. The van der Waals surface area contributed by atoms with E-state index >= 15 is 0 Å². The maximum Gasteiger partial charge on any atom is 0.209 e. The predicted molar refractivity (Wildman–Crippen MR) is 75.6 cm³/mol. The summed E-state index contributed by atoms with van der Waals surface area (Å²) in [5.74, 6) is 0. The molecule has 0 spiro atoms. The fourth-order valence-corrected chi connectivity index (χ4v) is 3.15. The SMILES string of the molecule is CS(=O)(=O)N[C@H](c1ccc(Cl)cc1)c1ccsc1. The fourth-order valence-electron chi connectivity index (χ4n) is 1.64. The summed E-state index contributed by atoms with van der Waals surface area (Å²) >= 11 is 7.37. The van der Waals surface area contributed by atoms with Crippen molar-refractivity contribution in [2.45, 2.75) is 6.04 Å². The van der Waals surface area contributed by atoms with Gasteiger partial charge in [0, 0.05) is 5.02 Å². The van der Waals surface area contributed by atoms with Gasteiger partial charge in [-0.05, 0) is 40.1 Å². The Bertz CT molecular complexity index is 606. The maximum absolute atomic E-state index is 11.4. The quantitative estimate of drug-likeness (QED) is 0.943. The zero-order valence-corrected chi connectivity index (χ0v) is 12.0. The molecule has 1 heterocycles. The lowest BCUT2D eigenvalue weighted by Crippen LogP contribution is -2.27. The first kappa shape index (κ1) is 13.5. The number of rotatable bonds is 4. The molecular formula is C12H12ClNO2S2. The number of nitrogens with one attached hydrogen (secondary N) is 1. The van der Waals surface area contributed by atoms with E-state index < -0.39 is 10.0 Å². The maximum atomic E-state index is 11.4. The Kier molecular flexibility index (Phi) is 4.07. The summed E-state index contributed by atoms with van der Waals surface area (Å²) < 4.78 is 25.5. The van der Waals surface area contributed by atoms with Gasteiger partial charge in [-0.1, -0.05) is 23.7 Å². The van der Waals surface area contributed by atoms with Gasteiger partial charge in [0.2, 0.25) is 10.0 Å². The molecule has 18 heavy (non-hydrogen) atoms. The first-order valence-electron chi connectivity index (χ1n) is 5.20. The van der Waals surface area contributed by atoms with Gasteiger partial charge in [-0.3, -0.25) is 0 Å². The van der Waals surface area contributed by atoms with E-state index in [1.807, 2.05) is 29.0 Å². The Labute approximate surface area is 115 Å². The average Bonchev–Trinajstić information content (AvgIpc) is 2.79. The molecule has 1 atom stereocenters. The third kappa shape index (κ3) is 3.55. The minimum Gasteiger partial charge on any atom is -0.213 e. The van der Waals surface area contributed by atoms with Gasteiger partial charge >= 0.3 is 0 Å². The summed E-state index contributed by atoms with van der Waals surface area (Å²) in [6, 6.07) is 8.68. The zero-order valence-electron chi connectivity index (χ0n) is 9.63. The van der Waals surface area contributed by atoms with Crippen LogP contribution in [-0.4, -0.2) is 14.7 Å². The number of benzene rings is 1. The lowest BCUT2D eigenvalue weighted by Gasteiger charge is -2.17. The number of sulfonamides is 1. The molecule has 0 aliphatic heterocycles. The van der Waals surface area contributed by atoms with E-state index in [0.717, 1.165) is 17.4 Å². The van der Waals surface area contributed by atoms with Crippen LogP contribution in [0, 0.1) is 0 Å². The molecule has 2 aromatic rings. The van der Waals surface area contributed by atoms with Gasteiger partial charge in [0.1, 0.15) is 0 Å². The van der Waals surface area contributed by atoms with Crippen LogP contribution < -0.4 is 4.72 Å². The lowest BCUT2D eigenvalue weighted by molar-refractivity contribution is 0.578. The second kappa shape index (κ2) is 5.40. The molecule has 0 fully saturated rings. The largest absolute Gasteiger partial charge is 0.213 e. The van der Waals surface area contributed by atoms with Crippen molar-refractivity contribution in [1.29, 1.82) is 0 Å². The van der Waals surface area contributed by atoms with Crippen LogP contribution in [0.5, 0.6) is 0 Å². The average molecular weight is 302 g/mol. The van der Waals surface area contributed by atoms with Crippen LogP contribution >= 0.6 is 22.9 Å². The van der Waals surface area contributed by atoms with Crippen molar-refractivity contribution in [2.75, 3.05) is 6.26 Å². The van der Waals surface area contributed by atoms with Gasteiger partial charge in [0.05, 0.1) is 12.3 Å². The molecule has 0 saturated heterocycles. The van der Waals surface area contributed by atoms with E-state index in [1.165, 1.54) is 11.3 Å². The zero-order chi connectivity index (χ0) is 13.2. The molecule has 6 heteroatoms. The molecule has 1 aromatic heterocycles. The monoisotopic (exact) mass is 301 g/mol. The van der Waals surface area contributed by atoms with E-state index in [4.69, 9.17) is 11.6 Å². The van der Waals surface area contributed by atoms with Crippen LogP contribution in [0.15, 0.2) is 41.1 Å². The van der Waals surface area contributed by atoms with E-state index in [0.29, 0.717) is 5.02 Å². The van der Waals surface area contributed by atoms with Crippen LogP contribution in [0.1, 0.15) is 17.2 Å². The van der Waals surface area contributed by atoms with Crippen molar-refractivity contribution in [3.8, 4) is 0 Å². The normalized spacial score (nSPS) is 13.4. The van der Waals surface area contributed by atoms with Crippen molar-refractivity contribution >= 4 is 33.0 Å². The third-order valence-electron chi connectivity index (χ3n) is 2.41. The first-order chi connectivity index (χ1) is 8.46. The molecule has 0 aliphatic carbocycles. The van der Waals surface area contributed by atoms with Crippen molar-refractivity contribution in [1.82, 2.24) is 4.72 Å². The summed E-state index contributed by atoms with van der Waals surface area (Å²) in [5, 5.41) is 4.47. The molecule has 96 valence electrons. The number of hydrogen-bond donors (Lipinski definition) is 1. The number of thiophene rings is 1.